The molecule has 5 heteroatoms. The number of hydrogen-bond donors (Lipinski definition) is 1. The molecule has 2 aromatic carbocycles. The summed E-state index contributed by atoms with van der Waals surface area (Å²) in [4.78, 5) is 0. The van der Waals surface area contributed by atoms with Gasteiger partial charge in [0.25, 0.3) is 0 Å². The van der Waals surface area contributed by atoms with E-state index in [1.54, 1.807) is 13.2 Å². The molecule has 0 saturated carbocycles. The Morgan fingerprint density at radius 2 is 1.78 bits per heavy atom. The SMILES string of the molecule is CCOc1c(CNCc2ccc(C)cc2)cc(Cl)cc1OC.Cl. The highest BCUT2D eigenvalue weighted by Crippen LogP contribution is 2.34. The van der Waals surface area contributed by atoms with Gasteiger partial charge in [0.1, 0.15) is 0 Å². The van der Waals surface area contributed by atoms with Crippen LogP contribution >= 0.6 is 24.0 Å². The van der Waals surface area contributed by atoms with Crippen LogP contribution in [0.3, 0.4) is 0 Å². The maximum atomic E-state index is 6.15. The lowest BCUT2D eigenvalue weighted by Gasteiger charge is -2.15. The van der Waals surface area contributed by atoms with Gasteiger partial charge < -0.3 is 14.8 Å². The molecule has 0 saturated heterocycles. The monoisotopic (exact) mass is 355 g/mol. The number of rotatable bonds is 7. The second-order valence-electron chi connectivity index (χ2n) is 5.12. The number of methoxy groups -OCH3 is 1. The Kier molecular flexibility index (Phi) is 8.24. The van der Waals surface area contributed by atoms with Crippen molar-refractivity contribution in [2.24, 2.45) is 0 Å². The fourth-order valence-electron chi connectivity index (χ4n) is 2.26. The molecule has 0 aliphatic heterocycles. The molecule has 1 N–H and O–H groups in total. The van der Waals surface area contributed by atoms with Crippen molar-refractivity contribution in [3.05, 3.63) is 58.1 Å². The zero-order valence-corrected chi connectivity index (χ0v) is 15.3. The van der Waals surface area contributed by atoms with E-state index in [-0.39, 0.29) is 12.4 Å². The predicted octanol–water partition coefficient (Wildman–Crippen LogP) is 4.77. The third kappa shape index (κ3) is 5.61. The highest BCUT2D eigenvalue weighted by Gasteiger charge is 2.12. The summed E-state index contributed by atoms with van der Waals surface area (Å²) in [5.74, 6) is 1.42. The fourth-order valence-corrected chi connectivity index (χ4v) is 2.49. The summed E-state index contributed by atoms with van der Waals surface area (Å²) in [6.45, 7) is 6.09. The summed E-state index contributed by atoms with van der Waals surface area (Å²) in [5, 5.41) is 4.07. The first kappa shape index (κ1) is 19.6. The van der Waals surface area contributed by atoms with Crippen LogP contribution in [0.5, 0.6) is 11.5 Å². The summed E-state index contributed by atoms with van der Waals surface area (Å²) in [7, 11) is 1.62. The average Bonchev–Trinajstić information content (AvgIpc) is 2.51. The van der Waals surface area contributed by atoms with Crippen LogP contribution in [0.4, 0.5) is 0 Å². The van der Waals surface area contributed by atoms with Crippen molar-refractivity contribution in [3.8, 4) is 11.5 Å². The molecule has 0 aromatic heterocycles. The van der Waals surface area contributed by atoms with E-state index in [2.05, 4.69) is 36.5 Å². The molecule has 0 unspecified atom stereocenters. The second kappa shape index (κ2) is 9.66. The van der Waals surface area contributed by atoms with E-state index in [0.717, 1.165) is 17.9 Å². The molecule has 126 valence electrons. The lowest BCUT2D eigenvalue weighted by Crippen LogP contribution is -2.14. The van der Waals surface area contributed by atoms with E-state index < -0.39 is 0 Å². The summed E-state index contributed by atoms with van der Waals surface area (Å²) in [6, 6.07) is 12.2. The Morgan fingerprint density at radius 3 is 2.39 bits per heavy atom. The largest absolute Gasteiger partial charge is 0.493 e. The molecule has 2 rings (SSSR count). The Morgan fingerprint density at radius 1 is 1.09 bits per heavy atom. The molecule has 0 fully saturated rings. The number of nitrogens with one attached hydrogen (secondary N) is 1. The first-order valence-corrected chi connectivity index (χ1v) is 7.77. The number of aryl methyl sites for hydroxylation is 1. The van der Waals surface area contributed by atoms with Gasteiger partial charge in [-0.3, -0.25) is 0 Å². The highest BCUT2D eigenvalue weighted by atomic mass is 35.5. The quantitative estimate of drug-likeness (QED) is 0.775. The highest BCUT2D eigenvalue weighted by molar-refractivity contribution is 6.30. The van der Waals surface area contributed by atoms with Crippen LogP contribution in [0.25, 0.3) is 0 Å². The van der Waals surface area contributed by atoms with Crippen molar-refractivity contribution in [1.29, 1.82) is 0 Å². The number of halogens is 2. The van der Waals surface area contributed by atoms with E-state index in [4.69, 9.17) is 21.1 Å². The van der Waals surface area contributed by atoms with Crippen LogP contribution in [-0.2, 0) is 13.1 Å². The minimum atomic E-state index is 0. The second-order valence-corrected chi connectivity index (χ2v) is 5.55. The summed E-state index contributed by atoms with van der Waals surface area (Å²) >= 11 is 6.15. The minimum Gasteiger partial charge on any atom is -0.493 e. The van der Waals surface area contributed by atoms with E-state index in [0.29, 0.717) is 23.9 Å². The van der Waals surface area contributed by atoms with Crippen LogP contribution in [0.15, 0.2) is 36.4 Å². The molecule has 0 heterocycles. The number of hydrogen-bond acceptors (Lipinski definition) is 3. The zero-order chi connectivity index (χ0) is 15.9. The van der Waals surface area contributed by atoms with Crippen LogP contribution in [-0.4, -0.2) is 13.7 Å². The summed E-state index contributed by atoms with van der Waals surface area (Å²) in [6.07, 6.45) is 0. The van der Waals surface area contributed by atoms with Gasteiger partial charge in [0.05, 0.1) is 13.7 Å². The average molecular weight is 356 g/mol. The molecular formula is C18H23Cl2NO2. The van der Waals surface area contributed by atoms with Crippen LogP contribution in [0.1, 0.15) is 23.6 Å². The Balaban J connectivity index is 0.00000264. The van der Waals surface area contributed by atoms with Gasteiger partial charge in [-0.25, -0.2) is 0 Å². The standard InChI is InChI=1S/C18H22ClNO2.ClH/c1-4-22-18-15(9-16(19)10-17(18)21-3)12-20-11-14-7-5-13(2)6-8-14;/h5-10,20H,4,11-12H2,1-3H3;1H. The maximum Gasteiger partial charge on any atom is 0.165 e. The predicted molar refractivity (Wildman–Crippen MR) is 98.1 cm³/mol. The summed E-state index contributed by atoms with van der Waals surface area (Å²) in [5.41, 5.74) is 3.51. The molecular weight excluding hydrogens is 333 g/mol. The third-order valence-corrected chi connectivity index (χ3v) is 3.59. The fraction of sp³-hybridized carbons (Fsp3) is 0.333. The molecule has 0 bridgehead atoms. The van der Waals surface area contributed by atoms with Gasteiger partial charge in [-0.15, -0.1) is 12.4 Å². The van der Waals surface area contributed by atoms with Gasteiger partial charge in [0.2, 0.25) is 0 Å². The van der Waals surface area contributed by atoms with Crippen molar-refractivity contribution in [2.75, 3.05) is 13.7 Å². The Hall–Kier alpha value is -1.42. The molecule has 0 amide bonds. The van der Waals surface area contributed by atoms with Gasteiger partial charge in [0.15, 0.2) is 11.5 Å². The van der Waals surface area contributed by atoms with E-state index in [1.807, 2.05) is 13.0 Å². The topological polar surface area (TPSA) is 30.5 Å². The van der Waals surface area contributed by atoms with Crippen molar-refractivity contribution in [3.63, 3.8) is 0 Å². The van der Waals surface area contributed by atoms with E-state index in [9.17, 15) is 0 Å². The number of ether oxygens (including phenoxy) is 2. The molecule has 0 spiro atoms. The van der Waals surface area contributed by atoms with Gasteiger partial charge in [0, 0.05) is 29.7 Å². The van der Waals surface area contributed by atoms with Crippen molar-refractivity contribution in [2.45, 2.75) is 26.9 Å². The summed E-state index contributed by atoms with van der Waals surface area (Å²) < 4.78 is 11.1. The number of benzene rings is 2. The van der Waals surface area contributed by atoms with Crippen LogP contribution in [0, 0.1) is 6.92 Å². The van der Waals surface area contributed by atoms with Crippen molar-refractivity contribution >= 4 is 24.0 Å². The van der Waals surface area contributed by atoms with Gasteiger partial charge >= 0.3 is 0 Å². The van der Waals surface area contributed by atoms with Crippen molar-refractivity contribution in [1.82, 2.24) is 5.32 Å². The normalized spacial score (nSPS) is 10.1. The molecule has 0 aliphatic carbocycles. The Bertz CT molecular complexity index is 615. The first-order chi connectivity index (χ1) is 10.6. The smallest absolute Gasteiger partial charge is 0.165 e. The van der Waals surface area contributed by atoms with Crippen LogP contribution in [0.2, 0.25) is 5.02 Å². The van der Waals surface area contributed by atoms with Crippen molar-refractivity contribution < 1.29 is 9.47 Å². The lowest BCUT2D eigenvalue weighted by atomic mass is 10.1. The molecule has 23 heavy (non-hydrogen) atoms. The van der Waals surface area contributed by atoms with Crippen LogP contribution < -0.4 is 14.8 Å². The molecule has 0 radical (unpaired) electrons. The lowest BCUT2D eigenvalue weighted by molar-refractivity contribution is 0.307. The zero-order valence-electron chi connectivity index (χ0n) is 13.7. The maximum absolute atomic E-state index is 6.15. The molecule has 2 aromatic rings. The Labute approximate surface area is 149 Å². The van der Waals surface area contributed by atoms with Gasteiger partial charge in [-0.05, 0) is 25.5 Å². The minimum absolute atomic E-state index is 0. The molecule has 0 aliphatic rings. The van der Waals surface area contributed by atoms with E-state index in [1.165, 1.54) is 11.1 Å². The third-order valence-electron chi connectivity index (χ3n) is 3.37. The first-order valence-electron chi connectivity index (χ1n) is 7.39. The van der Waals surface area contributed by atoms with Gasteiger partial charge in [-0.1, -0.05) is 41.4 Å². The van der Waals surface area contributed by atoms with Gasteiger partial charge in [-0.2, -0.15) is 0 Å². The molecule has 0 atom stereocenters. The molecule has 3 nitrogen and oxygen atoms in total. The van der Waals surface area contributed by atoms with E-state index >= 15 is 0 Å².